The summed E-state index contributed by atoms with van der Waals surface area (Å²) >= 11 is 0. The van der Waals surface area contributed by atoms with Gasteiger partial charge in [0.2, 0.25) is 0 Å². The number of hydrogen-bond donors (Lipinski definition) is 1. The zero-order valence-electron chi connectivity index (χ0n) is 19.2. The fourth-order valence-corrected chi connectivity index (χ4v) is 4.47. The van der Waals surface area contributed by atoms with Crippen LogP contribution in [0.3, 0.4) is 0 Å². The summed E-state index contributed by atoms with van der Waals surface area (Å²) < 4.78 is 7.89. The molecule has 4 aromatic rings. The van der Waals surface area contributed by atoms with Gasteiger partial charge >= 0.3 is 0 Å². The van der Waals surface area contributed by atoms with Gasteiger partial charge in [-0.3, -0.25) is 9.48 Å². The van der Waals surface area contributed by atoms with Crippen LogP contribution in [0, 0.1) is 0 Å². The Balaban J connectivity index is 1.47. The molecule has 0 spiro atoms. The van der Waals surface area contributed by atoms with E-state index in [2.05, 4.69) is 22.5 Å². The van der Waals surface area contributed by atoms with E-state index in [4.69, 9.17) is 4.74 Å². The van der Waals surface area contributed by atoms with Crippen LogP contribution < -0.4 is 10.1 Å². The topological polar surface area (TPSA) is 59.4 Å². The van der Waals surface area contributed by atoms with Gasteiger partial charge in [-0.25, -0.2) is 0 Å². The highest BCUT2D eigenvalue weighted by atomic mass is 16.5. The third-order valence-electron chi connectivity index (χ3n) is 6.10. The lowest BCUT2D eigenvalue weighted by molar-refractivity contribution is 0.0630. The minimum absolute atomic E-state index is 0.0486. The Morgan fingerprint density at radius 3 is 2.47 bits per heavy atom. The van der Waals surface area contributed by atoms with Crippen molar-refractivity contribution in [3.8, 4) is 22.6 Å². The smallest absolute Gasteiger partial charge is 0.275 e. The molecule has 1 aliphatic heterocycles. The Hall–Kier alpha value is -3.90. The van der Waals surface area contributed by atoms with Gasteiger partial charge in [0.1, 0.15) is 11.5 Å². The van der Waals surface area contributed by atoms with Crippen LogP contribution in [0.2, 0.25) is 0 Å². The lowest BCUT2D eigenvalue weighted by Crippen LogP contribution is -2.54. The largest absolute Gasteiger partial charge is 0.457 e. The van der Waals surface area contributed by atoms with Gasteiger partial charge in [0.25, 0.3) is 5.91 Å². The first-order chi connectivity index (χ1) is 16.7. The molecular formula is C28H28N4O2. The number of benzene rings is 3. The predicted octanol–water partition coefficient (Wildman–Crippen LogP) is 4.54. The fourth-order valence-electron chi connectivity index (χ4n) is 4.47. The minimum Gasteiger partial charge on any atom is -0.457 e. The number of hydrogen-bond acceptors (Lipinski definition) is 4. The molecule has 1 atom stereocenters. The van der Waals surface area contributed by atoms with Crippen LogP contribution in [0.25, 0.3) is 11.1 Å². The van der Waals surface area contributed by atoms with Gasteiger partial charge in [0, 0.05) is 50.0 Å². The summed E-state index contributed by atoms with van der Waals surface area (Å²) in [5, 5.41) is 8.04. The van der Waals surface area contributed by atoms with Gasteiger partial charge in [-0.05, 0) is 30.2 Å². The van der Waals surface area contributed by atoms with Crippen molar-refractivity contribution in [2.45, 2.75) is 12.5 Å². The van der Waals surface area contributed by atoms with Crippen molar-refractivity contribution in [3.05, 3.63) is 102 Å². The van der Waals surface area contributed by atoms with Gasteiger partial charge < -0.3 is 15.0 Å². The van der Waals surface area contributed by atoms with Crippen LogP contribution in [0.4, 0.5) is 0 Å². The van der Waals surface area contributed by atoms with Gasteiger partial charge in [-0.2, -0.15) is 5.10 Å². The number of carbonyl (C=O) groups is 1. The van der Waals surface area contributed by atoms with E-state index in [-0.39, 0.29) is 11.9 Å². The summed E-state index contributed by atoms with van der Waals surface area (Å²) in [7, 11) is 1.85. The van der Waals surface area contributed by atoms with E-state index in [0.717, 1.165) is 36.4 Å². The van der Waals surface area contributed by atoms with E-state index in [0.29, 0.717) is 18.0 Å². The lowest BCUT2D eigenvalue weighted by atomic mass is 10.0. The number of aromatic nitrogens is 2. The highest BCUT2D eigenvalue weighted by Gasteiger charge is 2.31. The van der Waals surface area contributed by atoms with Gasteiger partial charge in [0.05, 0.1) is 0 Å². The molecule has 2 heterocycles. The molecule has 1 saturated heterocycles. The van der Waals surface area contributed by atoms with Gasteiger partial charge in [-0.15, -0.1) is 0 Å². The molecular weight excluding hydrogens is 424 g/mol. The first-order valence-electron chi connectivity index (χ1n) is 11.6. The highest BCUT2D eigenvalue weighted by Crippen LogP contribution is 2.35. The third kappa shape index (κ3) is 4.72. The van der Waals surface area contributed by atoms with Crippen LogP contribution in [0.5, 0.6) is 11.5 Å². The van der Waals surface area contributed by atoms with Crippen LogP contribution in [-0.2, 0) is 13.5 Å². The molecule has 1 aliphatic rings. The van der Waals surface area contributed by atoms with Crippen LogP contribution in [0.15, 0.2) is 91.1 Å². The van der Waals surface area contributed by atoms with Crippen LogP contribution in [-0.4, -0.2) is 46.3 Å². The number of para-hydroxylation sites is 2. The van der Waals surface area contributed by atoms with Crippen molar-refractivity contribution in [3.63, 3.8) is 0 Å². The summed E-state index contributed by atoms with van der Waals surface area (Å²) in [6, 6.07) is 27.8. The Morgan fingerprint density at radius 1 is 0.971 bits per heavy atom. The van der Waals surface area contributed by atoms with Crippen molar-refractivity contribution in [2.75, 3.05) is 19.6 Å². The first-order valence-corrected chi connectivity index (χ1v) is 11.6. The Kier molecular flexibility index (Phi) is 6.40. The normalized spacial score (nSPS) is 15.8. The molecule has 0 aliphatic carbocycles. The zero-order chi connectivity index (χ0) is 23.3. The van der Waals surface area contributed by atoms with E-state index in [1.807, 2.05) is 90.9 Å². The fraction of sp³-hybridized carbons (Fsp3) is 0.214. The Labute approximate surface area is 199 Å². The van der Waals surface area contributed by atoms with E-state index in [1.165, 1.54) is 5.56 Å². The van der Waals surface area contributed by atoms with Crippen LogP contribution in [0.1, 0.15) is 16.1 Å². The molecule has 1 fully saturated rings. The molecule has 0 unspecified atom stereocenters. The second-order valence-electron chi connectivity index (χ2n) is 8.52. The summed E-state index contributed by atoms with van der Waals surface area (Å²) in [6.07, 6.45) is 2.70. The summed E-state index contributed by atoms with van der Waals surface area (Å²) in [4.78, 5) is 15.8. The van der Waals surface area contributed by atoms with Crippen molar-refractivity contribution < 1.29 is 9.53 Å². The maximum atomic E-state index is 13.9. The molecule has 34 heavy (non-hydrogen) atoms. The standard InChI is InChI=1S/C28H28N4O2/c1-31-20-25(24-14-8-9-15-26(24)34-23-12-6-3-7-13-23)27(30-31)28(33)32-17-16-29-19-22(32)18-21-10-4-2-5-11-21/h2-15,20,22,29H,16-19H2,1H3/t22-/m1/s1. The van der Waals surface area contributed by atoms with E-state index < -0.39 is 0 Å². The highest BCUT2D eigenvalue weighted by molar-refractivity contribution is 6.00. The van der Waals surface area contributed by atoms with Crippen molar-refractivity contribution >= 4 is 5.91 Å². The number of piperazine rings is 1. The molecule has 1 N–H and O–H groups in total. The average Bonchev–Trinajstić information content (AvgIpc) is 3.27. The van der Waals surface area contributed by atoms with E-state index >= 15 is 0 Å². The number of nitrogens with one attached hydrogen (secondary N) is 1. The molecule has 1 aromatic heterocycles. The Bertz CT molecular complexity index is 1250. The van der Waals surface area contributed by atoms with E-state index in [9.17, 15) is 4.79 Å². The number of amides is 1. The SMILES string of the molecule is Cn1cc(-c2ccccc2Oc2ccccc2)c(C(=O)N2CCNC[C@H]2Cc2ccccc2)n1. The molecule has 5 rings (SSSR count). The molecule has 0 radical (unpaired) electrons. The average molecular weight is 453 g/mol. The first kappa shape index (κ1) is 21.9. The van der Waals surface area contributed by atoms with Gasteiger partial charge in [0.15, 0.2) is 5.69 Å². The molecule has 172 valence electrons. The zero-order valence-corrected chi connectivity index (χ0v) is 19.2. The summed E-state index contributed by atoms with van der Waals surface area (Å²) in [5.74, 6) is 1.39. The second-order valence-corrected chi connectivity index (χ2v) is 8.52. The number of carbonyl (C=O) groups excluding carboxylic acids is 1. The second kappa shape index (κ2) is 9.93. The quantitative estimate of drug-likeness (QED) is 0.467. The molecule has 6 heteroatoms. The monoisotopic (exact) mass is 452 g/mol. The van der Waals surface area contributed by atoms with Crippen molar-refractivity contribution in [1.82, 2.24) is 20.0 Å². The van der Waals surface area contributed by atoms with Crippen LogP contribution >= 0.6 is 0 Å². The minimum atomic E-state index is -0.0486. The number of rotatable bonds is 6. The lowest BCUT2D eigenvalue weighted by Gasteiger charge is -2.36. The van der Waals surface area contributed by atoms with Crippen molar-refractivity contribution in [1.29, 1.82) is 0 Å². The maximum Gasteiger partial charge on any atom is 0.275 e. The summed E-state index contributed by atoms with van der Waals surface area (Å²) in [5.41, 5.74) is 3.29. The van der Waals surface area contributed by atoms with Gasteiger partial charge in [-0.1, -0.05) is 66.7 Å². The maximum absolute atomic E-state index is 13.9. The molecule has 3 aromatic carbocycles. The molecule has 6 nitrogen and oxygen atoms in total. The molecule has 1 amide bonds. The number of nitrogens with zero attached hydrogens (tertiary/aromatic N) is 3. The van der Waals surface area contributed by atoms with E-state index in [1.54, 1.807) is 4.68 Å². The molecule has 0 bridgehead atoms. The molecule has 0 saturated carbocycles. The summed E-state index contributed by atoms with van der Waals surface area (Å²) in [6.45, 7) is 2.18. The predicted molar refractivity (Wildman–Crippen MR) is 133 cm³/mol. The number of ether oxygens (including phenoxy) is 1. The Morgan fingerprint density at radius 2 is 1.68 bits per heavy atom. The third-order valence-corrected chi connectivity index (χ3v) is 6.10. The van der Waals surface area contributed by atoms with Crippen molar-refractivity contribution in [2.24, 2.45) is 7.05 Å². The number of aryl methyl sites for hydroxylation is 1.